The van der Waals surface area contributed by atoms with E-state index < -0.39 is 0 Å². The van der Waals surface area contributed by atoms with Gasteiger partial charge in [0.05, 0.1) is 5.92 Å². The summed E-state index contributed by atoms with van der Waals surface area (Å²) in [5, 5.41) is 0. The Bertz CT molecular complexity index is 326. The molecule has 0 aromatic carbocycles. The molecular weight excluding hydrogens is 320 g/mol. The Morgan fingerprint density at radius 3 is 1.62 bits per heavy atom. The molecule has 0 aromatic rings. The van der Waals surface area contributed by atoms with Gasteiger partial charge in [-0.25, -0.2) is 0 Å². The summed E-state index contributed by atoms with van der Waals surface area (Å²) in [6.45, 7) is 4.36. The highest BCUT2D eigenvalue weighted by Gasteiger charge is 2.39. The van der Waals surface area contributed by atoms with Crippen molar-refractivity contribution in [2.45, 2.75) is 136 Å². The van der Waals surface area contributed by atoms with Crippen LogP contribution >= 0.6 is 0 Å². The van der Waals surface area contributed by atoms with E-state index in [0.29, 0.717) is 0 Å². The van der Waals surface area contributed by atoms with Gasteiger partial charge >= 0.3 is 5.97 Å². The molecule has 0 bridgehead atoms. The van der Waals surface area contributed by atoms with E-state index in [0.717, 1.165) is 12.8 Å². The summed E-state index contributed by atoms with van der Waals surface area (Å²) in [7, 11) is 0. The van der Waals surface area contributed by atoms with Crippen LogP contribution in [0.3, 0.4) is 0 Å². The van der Waals surface area contributed by atoms with Crippen molar-refractivity contribution in [2.75, 3.05) is 0 Å². The minimum Gasteiger partial charge on any atom is -0.461 e. The van der Waals surface area contributed by atoms with Crippen molar-refractivity contribution in [1.29, 1.82) is 0 Å². The molecule has 153 valence electrons. The average Bonchev–Trinajstić information content (AvgIpc) is 2.63. The summed E-state index contributed by atoms with van der Waals surface area (Å²) in [5.74, 6) is 0.185. The normalized spacial score (nSPS) is 19.4. The van der Waals surface area contributed by atoms with Crippen LogP contribution in [0, 0.1) is 12.3 Å². The van der Waals surface area contributed by atoms with Gasteiger partial charge in [-0.3, -0.25) is 4.79 Å². The van der Waals surface area contributed by atoms with Crippen LogP contribution in [0.5, 0.6) is 0 Å². The van der Waals surface area contributed by atoms with Crippen LogP contribution in [0.25, 0.3) is 0 Å². The monoisotopic (exact) mass is 365 g/mol. The minimum absolute atomic E-state index is 0.0119. The van der Waals surface area contributed by atoms with E-state index in [9.17, 15) is 4.79 Å². The fraction of sp³-hybridized carbons (Fsp3) is 0.917. The molecule has 0 amide bonds. The summed E-state index contributed by atoms with van der Waals surface area (Å²) in [6.07, 6.45) is 26.9. The number of hydrogen-bond donors (Lipinski definition) is 0. The zero-order valence-corrected chi connectivity index (χ0v) is 17.8. The molecule has 1 radical (unpaired) electrons. The van der Waals surface area contributed by atoms with Gasteiger partial charge in [0.25, 0.3) is 0 Å². The number of carbonyl (C=O) groups is 1. The Balaban J connectivity index is 1.69. The largest absolute Gasteiger partial charge is 0.461 e. The Labute approximate surface area is 163 Å². The standard InChI is InChI=1S/C24H45O2/c1-3-5-6-7-8-9-10-11-12-13-14-15-16-17-18-19-20-21-23-22(4-2)24(25)26-23/h20,22-23H,3-19,21H2,1-2H3/t22-,23-/m0/s1. The van der Waals surface area contributed by atoms with Gasteiger partial charge in [-0.15, -0.1) is 0 Å². The smallest absolute Gasteiger partial charge is 0.312 e. The molecule has 0 aromatic heterocycles. The fourth-order valence-corrected chi connectivity index (χ4v) is 3.98. The van der Waals surface area contributed by atoms with Gasteiger partial charge in [0.1, 0.15) is 6.10 Å². The zero-order chi connectivity index (χ0) is 18.9. The summed E-state index contributed by atoms with van der Waals surface area (Å²) < 4.78 is 5.20. The number of ether oxygens (including phenoxy) is 1. The summed E-state index contributed by atoms with van der Waals surface area (Å²) in [6, 6.07) is 0. The molecule has 2 heteroatoms. The Kier molecular flexibility index (Phi) is 15.0. The van der Waals surface area contributed by atoms with Crippen molar-refractivity contribution >= 4 is 5.97 Å². The minimum atomic E-state index is 0.0119. The topological polar surface area (TPSA) is 26.3 Å². The van der Waals surface area contributed by atoms with Gasteiger partial charge in [0, 0.05) is 0 Å². The molecule has 0 saturated carbocycles. The number of carbonyl (C=O) groups excluding carboxylic acids is 1. The van der Waals surface area contributed by atoms with Gasteiger partial charge < -0.3 is 4.74 Å². The predicted molar refractivity (Wildman–Crippen MR) is 112 cm³/mol. The molecule has 1 fully saturated rings. The number of cyclic esters (lactones) is 1. The maximum absolute atomic E-state index is 11.2. The lowest BCUT2D eigenvalue weighted by Gasteiger charge is -2.34. The molecule has 0 aliphatic carbocycles. The highest BCUT2D eigenvalue weighted by atomic mass is 16.6. The predicted octanol–water partition coefficient (Wildman–Crippen LogP) is 7.79. The highest BCUT2D eigenvalue weighted by Crippen LogP contribution is 2.29. The van der Waals surface area contributed by atoms with Crippen LogP contribution in [0.15, 0.2) is 0 Å². The highest BCUT2D eigenvalue weighted by molar-refractivity contribution is 5.78. The summed E-state index contributed by atoms with van der Waals surface area (Å²) >= 11 is 0. The van der Waals surface area contributed by atoms with Gasteiger partial charge in [-0.1, -0.05) is 117 Å². The summed E-state index contributed by atoms with van der Waals surface area (Å²) in [4.78, 5) is 11.2. The Morgan fingerprint density at radius 1 is 0.731 bits per heavy atom. The van der Waals surface area contributed by atoms with E-state index in [1.807, 2.05) is 0 Å². The molecule has 1 aliphatic rings. The van der Waals surface area contributed by atoms with Crippen molar-refractivity contribution < 1.29 is 9.53 Å². The number of hydrogen-bond acceptors (Lipinski definition) is 2. The molecular formula is C24H45O2. The molecule has 2 nitrogen and oxygen atoms in total. The van der Waals surface area contributed by atoms with E-state index in [-0.39, 0.29) is 18.0 Å². The van der Waals surface area contributed by atoms with E-state index in [4.69, 9.17) is 4.74 Å². The van der Waals surface area contributed by atoms with Crippen molar-refractivity contribution in [2.24, 2.45) is 5.92 Å². The van der Waals surface area contributed by atoms with Crippen LogP contribution in [0.4, 0.5) is 0 Å². The third-order valence-corrected chi connectivity index (χ3v) is 5.87. The van der Waals surface area contributed by atoms with Crippen LogP contribution in [-0.2, 0) is 9.53 Å². The summed E-state index contributed by atoms with van der Waals surface area (Å²) in [5.41, 5.74) is 0. The number of esters is 1. The van der Waals surface area contributed by atoms with Crippen molar-refractivity contribution in [3.8, 4) is 0 Å². The second-order valence-corrected chi connectivity index (χ2v) is 8.25. The Morgan fingerprint density at radius 2 is 1.19 bits per heavy atom. The SMILES string of the molecule is CCCCCCCCCCCCCCCCC[CH]C[C@@H]1OC(=O)[C@H]1CC. The number of rotatable bonds is 19. The fourth-order valence-electron chi connectivity index (χ4n) is 3.98. The second kappa shape index (κ2) is 16.6. The van der Waals surface area contributed by atoms with Crippen LogP contribution in [0.2, 0.25) is 0 Å². The molecule has 1 rings (SSSR count). The average molecular weight is 366 g/mol. The molecule has 1 heterocycles. The van der Waals surface area contributed by atoms with Gasteiger partial charge in [-0.05, 0) is 19.3 Å². The van der Waals surface area contributed by atoms with E-state index in [1.54, 1.807) is 0 Å². The van der Waals surface area contributed by atoms with Crippen LogP contribution in [0.1, 0.15) is 129 Å². The first kappa shape index (κ1) is 23.5. The van der Waals surface area contributed by atoms with Crippen molar-refractivity contribution in [3.63, 3.8) is 0 Å². The first-order valence-corrected chi connectivity index (χ1v) is 11.8. The maximum atomic E-state index is 11.2. The van der Waals surface area contributed by atoms with Crippen LogP contribution in [-0.4, -0.2) is 12.1 Å². The molecule has 0 spiro atoms. The molecule has 1 aliphatic heterocycles. The van der Waals surface area contributed by atoms with Crippen molar-refractivity contribution in [3.05, 3.63) is 6.42 Å². The lowest BCUT2D eigenvalue weighted by molar-refractivity contribution is -0.184. The molecule has 2 atom stereocenters. The first-order valence-electron chi connectivity index (χ1n) is 11.8. The maximum Gasteiger partial charge on any atom is 0.312 e. The molecule has 0 N–H and O–H groups in total. The Hall–Kier alpha value is -0.530. The molecule has 0 unspecified atom stereocenters. The third-order valence-electron chi connectivity index (χ3n) is 5.87. The third kappa shape index (κ3) is 11.2. The molecule has 26 heavy (non-hydrogen) atoms. The van der Waals surface area contributed by atoms with E-state index >= 15 is 0 Å². The van der Waals surface area contributed by atoms with Gasteiger partial charge in [0.15, 0.2) is 0 Å². The lowest BCUT2D eigenvalue weighted by Crippen LogP contribution is -2.44. The zero-order valence-electron chi connectivity index (χ0n) is 17.8. The lowest BCUT2D eigenvalue weighted by atomic mass is 9.90. The van der Waals surface area contributed by atoms with Gasteiger partial charge in [-0.2, -0.15) is 0 Å². The van der Waals surface area contributed by atoms with Gasteiger partial charge in [0.2, 0.25) is 0 Å². The number of unbranched alkanes of at least 4 members (excludes halogenated alkanes) is 16. The first-order chi connectivity index (χ1) is 12.8. The van der Waals surface area contributed by atoms with Crippen LogP contribution < -0.4 is 0 Å². The molecule has 1 saturated heterocycles. The van der Waals surface area contributed by atoms with Crippen molar-refractivity contribution in [1.82, 2.24) is 0 Å². The van der Waals surface area contributed by atoms with E-state index in [2.05, 4.69) is 20.3 Å². The van der Waals surface area contributed by atoms with E-state index in [1.165, 1.54) is 103 Å². The quantitative estimate of drug-likeness (QED) is 0.172. The second-order valence-electron chi connectivity index (χ2n) is 8.25.